The van der Waals surface area contributed by atoms with Crippen LogP contribution in [0.15, 0.2) is 0 Å². The zero-order valence-corrected chi connectivity index (χ0v) is 12.8. The highest BCUT2D eigenvalue weighted by Crippen LogP contribution is 2.17. The summed E-state index contributed by atoms with van der Waals surface area (Å²) in [7, 11) is 0. The number of amides is 2. The van der Waals surface area contributed by atoms with Gasteiger partial charge in [-0.05, 0) is 33.1 Å². The number of hydrogen-bond donors (Lipinski definition) is 2. The standard InChI is InChI=1S/C13H25N3O2.ClH/c1-9(8-14)12(17)15-11(3)13(18)16-7-5-4-6-10(16)2;/h9-11H,4-8,14H2,1-3H3,(H,15,17);1H. The number of nitrogens with zero attached hydrogens (tertiary/aromatic N) is 1. The van der Waals surface area contributed by atoms with Gasteiger partial charge in [-0.3, -0.25) is 9.59 Å². The second-order valence-corrected chi connectivity index (χ2v) is 5.24. The van der Waals surface area contributed by atoms with E-state index in [1.165, 1.54) is 6.42 Å². The van der Waals surface area contributed by atoms with Crippen molar-refractivity contribution in [3.63, 3.8) is 0 Å². The molecule has 0 bridgehead atoms. The quantitative estimate of drug-likeness (QED) is 0.808. The van der Waals surface area contributed by atoms with Crippen molar-refractivity contribution in [2.75, 3.05) is 13.1 Å². The van der Waals surface area contributed by atoms with E-state index in [0.29, 0.717) is 6.54 Å². The Morgan fingerprint density at radius 3 is 2.53 bits per heavy atom. The van der Waals surface area contributed by atoms with Gasteiger partial charge in [0.25, 0.3) is 0 Å². The molecule has 3 N–H and O–H groups in total. The minimum atomic E-state index is -0.466. The summed E-state index contributed by atoms with van der Waals surface area (Å²) >= 11 is 0. The lowest BCUT2D eigenvalue weighted by Gasteiger charge is -2.35. The Morgan fingerprint density at radius 2 is 2.00 bits per heavy atom. The van der Waals surface area contributed by atoms with Crippen molar-refractivity contribution >= 4 is 24.2 Å². The summed E-state index contributed by atoms with van der Waals surface area (Å²) in [6, 6.07) is -0.190. The van der Waals surface area contributed by atoms with Gasteiger partial charge in [0.2, 0.25) is 11.8 Å². The predicted octanol–water partition coefficient (Wildman–Crippen LogP) is 0.909. The first-order valence-electron chi connectivity index (χ1n) is 6.78. The topological polar surface area (TPSA) is 75.4 Å². The molecule has 19 heavy (non-hydrogen) atoms. The number of piperidine rings is 1. The van der Waals surface area contributed by atoms with Gasteiger partial charge >= 0.3 is 0 Å². The Morgan fingerprint density at radius 1 is 1.37 bits per heavy atom. The highest BCUT2D eigenvalue weighted by molar-refractivity contribution is 5.88. The van der Waals surface area contributed by atoms with Crippen LogP contribution in [-0.4, -0.2) is 41.9 Å². The summed E-state index contributed by atoms with van der Waals surface area (Å²) in [5.74, 6) is -0.387. The van der Waals surface area contributed by atoms with Gasteiger partial charge in [-0.1, -0.05) is 6.92 Å². The zero-order chi connectivity index (χ0) is 13.7. The Labute approximate surface area is 121 Å². The molecule has 0 spiro atoms. The van der Waals surface area contributed by atoms with Crippen LogP contribution in [0.1, 0.15) is 40.0 Å². The lowest BCUT2D eigenvalue weighted by Crippen LogP contribution is -2.52. The maximum atomic E-state index is 12.2. The number of carbonyl (C=O) groups is 2. The van der Waals surface area contributed by atoms with E-state index < -0.39 is 6.04 Å². The van der Waals surface area contributed by atoms with Gasteiger partial charge in [0.15, 0.2) is 0 Å². The molecule has 1 heterocycles. The van der Waals surface area contributed by atoms with Crippen LogP contribution in [0.5, 0.6) is 0 Å². The van der Waals surface area contributed by atoms with E-state index in [1.54, 1.807) is 13.8 Å². The molecule has 1 fully saturated rings. The minimum Gasteiger partial charge on any atom is -0.344 e. The van der Waals surface area contributed by atoms with Gasteiger partial charge in [-0.15, -0.1) is 12.4 Å². The lowest BCUT2D eigenvalue weighted by atomic mass is 10.0. The van der Waals surface area contributed by atoms with Crippen molar-refractivity contribution < 1.29 is 9.59 Å². The molecule has 112 valence electrons. The van der Waals surface area contributed by atoms with Crippen LogP contribution in [0.4, 0.5) is 0 Å². The van der Waals surface area contributed by atoms with Crippen molar-refractivity contribution in [2.24, 2.45) is 11.7 Å². The lowest BCUT2D eigenvalue weighted by molar-refractivity contribution is -0.139. The minimum absolute atomic E-state index is 0. The fourth-order valence-corrected chi connectivity index (χ4v) is 2.20. The first kappa shape index (κ1) is 18.2. The van der Waals surface area contributed by atoms with Gasteiger partial charge in [-0.25, -0.2) is 0 Å². The van der Waals surface area contributed by atoms with Crippen molar-refractivity contribution in [1.82, 2.24) is 10.2 Å². The maximum absolute atomic E-state index is 12.2. The van der Waals surface area contributed by atoms with E-state index in [9.17, 15) is 9.59 Å². The smallest absolute Gasteiger partial charge is 0.245 e. The summed E-state index contributed by atoms with van der Waals surface area (Å²) in [5.41, 5.74) is 5.43. The van der Waals surface area contributed by atoms with E-state index in [-0.39, 0.29) is 36.2 Å². The second kappa shape index (κ2) is 8.38. The Kier molecular flexibility index (Phi) is 8.02. The third kappa shape index (κ3) is 4.99. The Hall–Kier alpha value is -0.810. The molecule has 3 atom stereocenters. The van der Waals surface area contributed by atoms with Crippen molar-refractivity contribution in [1.29, 1.82) is 0 Å². The second-order valence-electron chi connectivity index (χ2n) is 5.24. The summed E-state index contributed by atoms with van der Waals surface area (Å²) < 4.78 is 0. The van der Waals surface area contributed by atoms with E-state index >= 15 is 0 Å². The molecular formula is C13H26ClN3O2. The molecular weight excluding hydrogens is 266 g/mol. The fraction of sp³-hybridized carbons (Fsp3) is 0.846. The van der Waals surface area contributed by atoms with Crippen LogP contribution in [-0.2, 0) is 9.59 Å². The van der Waals surface area contributed by atoms with Gasteiger partial charge in [-0.2, -0.15) is 0 Å². The highest BCUT2D eigenvalue weighted by atomic mass is 35.5. The van der Waals surface area contributed by atoms with Gasteiger partial charge in [0.1, 0.15) is 6.04 Å². The van der Waals surface area contributed by atoms with Crippen molar-refractivity contribution in [3.05, 3.63) is 0 Å². The third-order valence-corrected chi connectivity index (χ3v) is 3.62. The zero-order valence-electron chi connectivity index (χ0n) is 12.0. The molecule has 1 rings (SSSR count). The number of hydrogen-bond acceptors (Lipinski definition) is 3. The van der Waals surface area contributed by atoms with Crippen molar-refractivity contribution in [2.45, 2.75) is 52.1 Å². The summed E-state index contributed by atoms with van der Waals surface area (Å²) in [6.45, 7) is 6.66. The molecule has 0 aromatic heterocycles. The normalized spacial score (nSPS) is 22.1. The molecule has 2 amide bonds. The summed E-state index contributed by atoms with van der Waals surface area (Å²) in [6.07, 6.45) is 3.28. The van der Waals surface area contributed by atoms with Crippen LogP contribution >= 0.6 is 12.4 Å². The van der Waals surface area contributed by atoms with E-state index in [4.69, 9.17) is 5.73 Å². The van der Waals surface area contributed by atoms with E-state index in [1.807, 2.05) is 4.90 Å². The van der Waals surface area contributed by atoms with Crippen LogP contribution in [0, 0.1) is 5.92 Å². The molecule has 1 aliphatic heterocycles. The Bertz CT molecular complexity index is 312. The fourth-order valence-electron chi connectivity index (χ4n) is 2.20. The molecule has 3 unspecified atom stereocenters. The van der Waals surface area contributed by atoms with Gasteiger partial charge in [0.05, 0.1) is 0 Å². The molecule has 0 aliphatic carbocycles. The summed E-state index contributed by atoms with van der Waals surface area (Å²) in [4.78, 5) is 25.8. The first-order chi connectivity index (χ1) is 8.47. The maximum Gasteiger partial charge on any atom is 0.245 e. The van der Waals surface area contributed by atoms with Crippen LogP contribution in [0.25, 0.3) is 0 Å². The average molecular weight is 292 g/mol. The molecule has 6 heteroatoms. The number of rotatable bonds is 4. The number of nitrogens with two attached hydrogens (primary N) is 1. The van der Waals surface area contributed by atoms with E-state index in [0.717, 1.165) is 19.4 Å². The molecule has 5 nitrogen and oxygen atoms in total. The number of carbonyl (C=O) groups excluding carboxylic acids is 2. The van der Waals surface area contributed by atoms with Crippen LogP contribution < -0.4 is 11.1 Å². The number of likely N-dealkylation sites (tertiary alicyclic amines) is 1. The number of halogens is 1. The van der Waals surface area contributed by atoms with Crippen LogP contribution in [0.3, 0.4) is 0 Å². The largest absolute Gasteiger partial charge is 0.344 e. The third-order valence-electron chi connectivity index (χ3n) is 3.62. The molecule has 0 aromatic rings. The molecule has 0 aromatic carbocycles. The predicted molar refractivity (Wildman–Crippen MR) is 78.1 cm³/mol. The highest BCUT2D eigenvalue weighted by Gasteiger charge is 2.28. The van der Waals surface area contributed by atoms with E-state index in [2.05, 4.69) is 12.2 Å². The summed E-state index contributed by atoms with van der Waals surface area (Å²) in [5, 5.41) is 2.74. The van der Waals surface area contributed by atoms with Crippen molar-refractivity contribution in [3.8, 4) is 0 Å². The number of nitrogens with one attached hydrogen (secondary N) is 1. The molecule has 0 radical (unpaired) electrons. The van der Waals surface area contributed by atoms with Gasteiger partial charge < -0.3 is 16.0 Å². The SMILES string of the molecule is CC(CN)C(=O)NC(C)C(=O)N1CCCCC1C.Cl. The molecule has 0 saturated carbocycles. The van der Waals surface area contributed by atoms with Gasteiger partial charge in [0, 0.05) is 25.0 Å². The monoisotopic (exact) mass is 291 g/mol. The molecule has 1 saturated heterocycles. The average Bonchev–Trinajstić information content (AvgIpc) is 2.37. The molecule has 1 aliphatic rings. The Balaban J connectivity index is 0.00000324. The van der Waals surface area contributed by atoms with Crippen LogP contribution in [0.2, 0.25) is 0 Å². The first-order valence-corrected chi connectivity index (χ1v) is 6.78.